The van der Waals surface area contributed by atoms with Gasteiger partial charge in [-0.3, -0.25) is 9.36 Å². The maximum atomic E-state index is 13.1. The second-order valence-corrected chi connectivity index (χ2v) is 8.11. The Morgan fingerprint density at radius 1 is 1.11 bits per heavy atom. The van der Waals surface area contributed by atoms with Gasteiger partial charge in [-0.25, -0.2) is 14.4 Å². The number of benzene rings is 2. The molecule has 0 N–H and O–H groups in total. The summed E-state index contributed by atoms with van der Waals surface area (Å²) in [5.74, 6) is 0.360. The van der Waals surface area contributed by atoms with Gasteiger partial charge in [0.1, 0.15) is 10.8 Å². The molecular weight excluding hydrogens is 393 g/mol. The summed E-state index contributed by atoms with van der Waals surface area (Å²) in [4.78, 5) is 22.2. The smallest absolute Gasteiger partial charge is 0.262 e. The highest BCUT2D eigenvalue weighted by Crippen LogP contribution is 2.28. The number of hydrogen-bond acceptors (Lipinski definition) is 5. The Bertz CT molecular complexity index is 1170. The number of halogens is 1. The second kappa shape index (κ2) is 8.24. The van der Waals surface area contributed by atoms with Crippen molar-refractivity contribution in [3.63, 3.8) is 0 Å². The number of thioether (sulfide) groups is 1. The SMILES string of the molecule is CCCn1c(SCc2csc(-c3ccc(F)cc3)n2)nc2ccccc2c1=O. The first kappa shape index (κ1) is 18.8. The van der Waals surface area contributed by atoms with E-state index in [2.05, 4.69) is 4.98 Å². The van der Waals surface area contributed by atoms with Crippen molar-refractivity contribution in [3.05, 3.63) is 75.8 Å². The molecule has 0 amide bonds. The summed E-state index contributed by atoms with van der Waals surface area (Å²) in [6, 6.07) is 13.8. The van der Waals surface area contributed by atoms with Gasteiger partial charge in [-0.05, 0) is 42.8 Å². The van der Waals surface area contributed by atoms with E-state index in [9.17, 15) is 9.18 Å². The fraction of sp³-hybridized carbons (Fsp3) is 0.190. The van der Waals surface area contributed by atoms with E-state index in [-0.39, 0.29) is 11.4 Å². The molecule has 4 rings (SSSR count). The molecule has 2 aromatic heterocycles. The minimum atomic E-state index is -0.257. The fourth-order valence-corrected chi connectivity index (χ4v) is 4.76. The Kier molecular flexibility index (Phi) is 5.54. The van der Waals surface area contributed by atoms with Crippen LogP contribution in [0.1, 0.15) is 19.0 Å². The molecule has 0 aliphatic rings. The average molecular weight is 412 g/mol. The van der Waals surface area contributed by atoms with Gasteiger partial charge in [0.2, 0.25) is 0 Å². The van der Waals surface area contributed by atoms with E-state index in [0.29, 0.717) is 28.4 Å². The lowest BCUT2D eigenvalue weighted by Gasteiger charge is -2.11. The van der Waals surface area contributed by atoms with Crippen molar-refractivity contribution >= 4 is 34.0 Å². The number of nitrogens with zero attached hydrogens (tertiary/aromatic N) is 3. The van der Waals surface area contributed by atoms with Crippen molar-refractivity contribution in [2.45, 2.75) is 30.8 Å². The molecule has 2 aromatic carbocycles. The minimum Gasteiger partial charge on any atom is -0.287 e. The first-order valence-electron chi connectivity index (χ1n) is 8.98. The predicted molar refractivity (Wildman–Crippen MR) is 113 cm³/mol. The van der Waals surface area contributed by atoms with Crippen LogP contribution in [-0.4, -0.2) is 14.5 Å². The zero-order valence-electron chi connectivity index (χ0n) is 15.3. The van der Waals surface area contributed by atoms with Gasteiger partial charge in [0.25, 0.3) is 5.56 Å². The van der Waals surface area contributed by atoms with E-state index in [1.54, 1.807) is 16.7 Å². The van der Waals surface area contributed by atoms with Gasteiger partial charge >= 0.3 is 0 Å². The lowest BCUT2D eigenvalue weighted by molar-refractivity contribution is 0.584. The Balaban J connectivity index is 1.59. The van der Waals surface area contributed by atoms with Gasteiger partial charge in [-0.2, -0.15) is 0 Å². The van der Waals surface area contributed by atoms with E-state index in [1.807, 2.05) is 36.6 Å². The molecule has 0 bridgehead atoms. The highest BCUT2D eigenvalue weighted by Gasteiger charge is 2.12. The summed E-state index contributed by atoms with van der Waals surface area (Å²) in [7, 11) is 0. The molecule has 2 heterocycles. The number of aromatic nitrogens is 3. The van der Waals surface area contributed by atoms with Crippen LogP contribution in [0.5, 0.6) is 0 Å². The van der Waals surface area contributed by atoms with Gasteiger partial charge in [-0.15, -0.1) is 11.3 Å². The Morgan fingerprint density at radius 3 is 2.68 bits per heavy atom. The average Bonchev–Trinajstić information content (AvgIpc) is 3.18. The van der Waals surface area contributed by atoms with Crippen molar-refractivity contribution in [2.75, 3.05) is 0 Å². The van der Waals surface area contributed by atoms with Gasteiger partial charge < -0.3 is 0 Å². The van der Waals surface area contributed by atoms with Crippen LogP contribution in [0, 0.1) is 5.82 Å². The molecular formula is C21H18FN3OS2. The zero-order valence-corrected chi connectivity index (χ0v) is 16.9. The standard InChI is InChI=1S/C21H18FN3OS2/c1-2-11-25-20(26)17-5-3-4-6-18(17)24-21(25)28-13-16-12-27-19(23-16)14-7-9-15(22)10-8-14/h3-10,12H,2,11,13H2,1H3. The van der Waals surface area contributed by atoms with Crippen LogP contribution in [0.4, 0.5) is 4.39 Å². The summed E-state index contributed by atoms with van der Waals surface area (Å²) < 4.78 is 14.9. The highest BCUT2D eigenvalue weighted by molar-refractivity contribution is 7.98. The number of para-hydroxylation sites is 1. The van der Waals surface area contributed by atoms with Crippen LogP contribution >= 0.6 is 23.1 Å². The van der Waals surface area contributed by atoms with E-state index in [0.717, 1.165) is 22.7 Å². The van der Waals surface area contributed by atoms with Gasteiger partial charge in [0.05, 0.1) is 16.6 Å². The largest absolute Gasteiger partial charge is 0.287 e. The van der Waals surface area contributed by atoms with Crippen molar-refractivity contribution < 1.29 is 4.39 Å². The summed E-state index contributed by atoms with van der Waals surface area (Å²) in [5.41, 5.74) is 2.53. The Labute approximate surface area is 170 Å². The predicted octanol–water partition coefficient (Wildman–Crippen LogP) is 5.36. The van der Waals surface area contributed by atoms with Gasteiger partial charge in [0, 0.05) is 23.2 Å². The molecule has 142 valence electrons. The maximum Gasteiger partial charge on any atom is 0.262 e. The van der Waals surface area contributed by atoms with E-state index in [4.69, 9.17) is 4.98 Å². The van der Waals surface area contributed by atoms with Crippen LogP contribution in [0.2, 0.25) is 0 Å². The first-order valence-corrected chi connectivity index (χ1v) is 10.8. The third-order valence-corrected chi connectivity index (χ3v) is 6.22. The van der Waals surface area contributed by atoms with Gasteiger partial charge in [0.15, 0.2) is 5.16 Å². The lowest BCUT2D eigenvalue weighted by Crippen LogP contribution is -2.23. The molecule has 0 fully saturated rings. The van der Waals surface area contributed by atoms with Crippen molar-refractivity contribution in [2.24, 2.45) is 0 Å². The third-order valence-electron chi connectivity index (χ3n) is 4.27. The van der Waals surface area contributed by atoms with Crippen molar-refractivity contribution in [3.8, 4) is 10.6 Å². The molecule has 0 unspecified atom stereocenters. The van der Waals surface area contributed by atoms with E-state index < -0.39 is 0 Å². The topological polar surface area (TPSA) is 47.8 Å². The normalized spacial score (nSPS) is 11.2. The molecule has 0 atom stereocenters. The molecule has 4 nitrogen and oxygen atoms in total. The molecule has 28 heavy (non-hydrogen) atoms. The molecule has 0 saturated carbocycles. The number of rotatable bonds is 6. The van der Waals surface area contributed by atoms with Crippen LogP contribution in [0.3, 0.4) is 0 Å². The van der Waals surface area contributed by atoms with Crippen LogP contribution < -0.4 is 5.56 Å². The number of hydrogen-bond donors (Lipinski definition) is 0. The Hall–Kier alpha value is -2.51. The first-order chi connectivity index (χ1) is 13.7. The third kappa shape index (κ3) is 3.86. The zero-order chi connectivity index (χ0) is 19.5. The molecule has 7 heteroatoms. The van der Waals surface area contributed by atoms with Crippen molar-refractivity contribution in [1.82, 2.24) is 14.5 Å². The molecule has 4 aromatic rings. The second-order valence-electron chi connectivity index (χ2n) is 6.31. The summed E-state index contributed by atoms with van der Waals surface area (Å²) >= 11 is 3.04. The number of thiazole rings is 1. The van der Waals surface area contributed by atoms with Crippen molar-refractivity contribution in [1.29, 1.82) is 0 Å². The Morgan fingerprint density at radius 2 is 1.89 bits per heavy atom. The van der Waals surface area contributed by atoms with E-state index in [1.165, 1.54) is 35.2 Å². The summed E-state index contributed by atoms with van der Waals surface area (Å²) in [5, 5.41) is 4.21. The van der Waals surface area contributed by atoms with Crippen LogP contribution in [-0.2, 0) is 12.3 Å². The molecule has 0 aliphatic carbocycles. The summed E-state index contributed by atoms with van der Waals surface area (Å²) in [6.45, 7) is 2.68. The van der Waals surface area contributed by atoms with Gasteiger partial charge in [-0.1, -0.05) is 30.8 Å². The summed E-state index contributed by atoms with van der Waals surface area (Å²) in [6.07, 6.45) is 0.860. The molecule has 0 saturated heterocycles. The monoisotopic (exact) mass is 411 g/mol. The van der Waals surface area contributed by atoms with E-state index >= 15 is 0 Å². The minimum absolute atomic E-state index is 0.000212. The lowest BCUT2D eigenvalue weighted by atomic mass is 10.2. The van der Waals surface area contributed by atoms with Crippen LogP contribution in [0.25, 0.3) is 21.5 Å². The quantitative estimate of drug-likeness (QED) is 0.316. The number of fused-ring (bicyclic) bond motifs is 1. The molecule has 0 radical (unpaired) electrons. The fourth-order valence-electron chi connectivity index (χ4n) is 2.92. The van der Waals surface area contributed by atoms with Crippen LogP contribution in [0.15, 0.2) is 63.9 Å². The maximum absolute atomic E-state index is 13.1. The molecule has 0 spiro atoms. The molecule has 0 aliphatic heterocycles. The highest BCUT2D eigenvalue weighted by atomic mass is 32.2.